The van der Waals surface area contributed by atoms with Crippen LogP contribution in [0, 0.1) is 11.3 Å². The van der Waals surface area contributed by atoms with Crippen molar-refractivity contribution >= 4 is 34.8 Å². The number of aromatic hydroxyl groups is 2. The molecule has 3 amide bonds. The normalized spacial score (nSPS) is 18.5. The van der Waals surface area contributed by atoms with E-state index in [-0.39, 0.29) is 65.1 Å². The largest absolute Gasteiger partial charge is 0.508 e. The Morgan fingerprint density at radius 3 is 2.46 bits per heavy atom. The maximum absolute atomic E-state index is 13.7. The molecule has 0 radical (unpaired) electrons. The van der Waals surface area contributed by atoms with E-state index in [0.717, 1.165) is 40.7 Å². The third kappa shape index (κ3) is 7.19. The molecule has 3 aliphatic heterocycles. The topological polar surface area (TPSA) is 222 Å². The summed E-state index contributed by atoms with van der Waals surface area (Å²) >= 11 is 0. The lowest BCUT2D eigenvalue weighted by atomic mass is 9.86. The lowest BCUT2D eigenvalue weighted by Crippen LogP contribution is -2.44. The number of rotatable bonds is 8. The van der Waals surface area contributed by atoms with E-state index in [4.69, 9.17) is 25.6 Å². The summed E-state index contributed by atoms with van der Waals surface area (Å²) in [6, 6.07) is 8.88. The van der Waals surface area contributed by atoms with Crippen molar-refractivity contribution < 1.29 is 39.2 Å². The number of aliphatic hydroxyl groups is 1. The highest BCUT2D eigenvalue weighted by molar-refractivity contribution is 6.08. The predicted molar refractivity (Wildman–Crippen MR) is 226 cm³/mol. The lowest BCUT2D eigenvalue weighted by molar-refractivity contribution is -0.172. The molecule has 61 heavy (non-hydrogen) atoms. The van der Waals surface area contributed by atoms with E-state index in [0.29, 0.717) is 72.2 Å². The number of phenols is 2. The fraction of sp³-hybridized carbons (Fsp3) is 0.391. The number of cyclic esters (lactones) is 1. The van der Waals surface area contributed by atoms with Gasteiger partial charge in [0.15, 0.2) is 5.60 Å². The molecule has 2 aromatic heterocycles. The summed E-state index contributed by atoms with van der Waals surface area (Å²) < 4.78 is 12.7. The minimum Gasteiger partial charge on any atom is -0.508 e. The first-order valence-electron chi connectivity index (χ1n) is 20.9. The molecule has 4 aliphatic rings. The summed E-state index contributed by atoms with van der Waals surface area (Å²) in [4.78, 5) is 60.1. The Bertz CT molecular complexity index is 2660. The van der Waals surface area contributed by atoms with Crippen LogP contribution in [0.4, 0.5) is 9.59 Å². The predicted octanol–water partition coefficient (Wildman–Crippen LogP) is 6.79. The van der Waals surface area contributed by atoms with Gasteiger partial charge in [-0.25, -0.2) is 19.4 Å². The number of nitrogens with zero attached hydrogens (tertiary/aromatic N) is 4. The molecule has 1 aliphatic carbocycles. The second-order valence-electron chi connectivity index (χ2n) is 16.6. The van der Waals surface area contributed by atoms with Crippen molar-refractivity contribution in [1.29, 1.82) is 5.41 Å². The number of carbonyl (C=O) groups is 3. The van der Waals surface area contributed by atoms with Crippen LogP contribution in [0.2, 0.25) is 0 Å². The van der Waals surface area contributed by atoms with Gasteiger partial charge < -0.3 is 40.0 Å². The minimum atomic E-state index is -1.91. The number of amidine groups is 1. The van der Waals surface area contributed by atoms with Crippen LogP contribution in [-0.2, 0) is 34.7 Å². The molecule has 1 atom stereocenters. The van der Waals surface area contributed by atoms with Crippen molar-refractivity contribution in [3.63, 3.8) is 0 Å². The molecule has 0 saturated carbocycles. The van der Waals surface area contributed by atoms with Crippen molar-refractivity contribution in [3.8, 4) is 28.6 Å². The highest BCUT2D eigenvalue weighted by Crippen LogP contribution is 2.41. The molecule has 318 valence electrons. The smallest absolute Gasteiger partial charge is 0.415 e. The van der Waals surface area contributed by atoms with E-state index in [2.05, 4.69) is 0 Å². The average Bonchev–Trinajstić information content (AvgIpc) is 3.60. The second kappa shape index (κ2) is 15.8. The van der Waals surface area contributed by atoms with Gasteiger partial charge in [0, 0.05) is 41.4 Å². The highest BCUT2D eigenvalue weighted by Gasteiger charge is 2.45. The minimum absolute atomic E-state index is 0.0587. The van der Waals surface area contributed by atoms with Crippen LogP contribution in [0.25, 0.3) is 22.3 Å². The molecule has 1 fully saturated rings. The molecule has 8 rings (SSSR count). The number of ether oxygens (including phenoxy) is 2. The lowest BCUT2D eigenvalue weighted by Gasteiger charge is -2.32. The molecule has 6 N–H and O–H groups in total. The van der Waals surface area contributed by atoms with E-state index in [9.17, 15) is 34.5 Å². The number of allylic oxidation sites excluding steroid dienone is 4. The number of carbonyl (C=O) groups excluding carboxylic acids is 3. The summed E-state index contributed by atoms with van der Waals surface area (Å²) in [6.07, 6.45) is 7.52. The standard InChI is InChI=1S/C46H50N6O9/c1-5-29-31-18-28(11-12-36(31)49-40-33(29)22-51-37(40)20-35-34(42(51)55)23-60-43(56)46(35,59)6-2)61-45(58)50-15-13-26(14-16-50)17-25-7-9-27(10-8-25)52(44(48)57)41(47)32-19-30(24(3)4)38(53)21-39(32)54/h7,9,11-12,18-21,24,26,47,53-54,59H,5-6,8,10,13-17,22-23H2,1-4H3,(H2,48,57). The summed E-state index contributed by atoms with van der Waals surface area (Å²) in [5, 5.41) is 41.7. The van der Waals surface area contributed by atoms with Crippen LogP contribution in [0.3, 0.4) is 0 Å². The number of esters is 1. The number of piperidine rings is 1. The zero-order valence-electron chi connectivity index (χ0n) is 34.7. The fourth-order valence-electron chi connectivity index (χ4n) is 9.25. The van der Waals surface area contributed by atoms with Crippen LogP contribution >= 0.6 is 0 Å². The van der Waals surface area contributed by atoms with Crippen LogP contribution in [-0.4, -0.2) is 71.7 Å². The van der Waals surface area contributed by atoms with Crippen LogP contribution in [0.5, 0.6) is 17.2 Å². The first-order valence-corrected chi connectivity index (χ1v) is 20.9. The fourth-order valence-corrected chi connectivity index (χ4v) is 9.25. The number of pyridine rings is 2. The van der Waals surface area contributed by atoms with Crippen LogP contribution < -0.4 is 16.0 Å². The van der Waals surface area contributed by atoms with Gasteiger partial charge in [0.1, 0.15) is 29.7 Å². The Labute approximate surface area is 352 Å². The zero-order chi connectivity index (χ0) is 43.5. The Balaban J connectivity index is 0.921. The van der Waals surface area contributed by atoms with E-state index in [1.54, 1.807) is 40.7 Å². The number of nitrogens with one attached hydrogen (secondary N) is 1. The number of hydrogen-bond acceptors (Lipinski definition) is 11. The molecule has 1 saturated heterocycles. The van der Waals surface area contributed by atoms with Crippen LogP contribution in [0.1, 0.15) is 106 Å². The van der Waals surface area contributed by atoms with E-state index in [1.165, 1.54) is 17.7 Å². The Morgan fingerprint density at radius 2 is 1.80 bits per heavy atom. The quantitative estimate of drug-likeness (QED) is 0.0626. The molecule has 2 aromatic carbocycles. The monoisotopic (exact) mass is 830 g/mol. The molecule has 15 heteroatoms. The molecular formula is C46H50N6O9. The summed E-state index contributed by atoms with van der Waals surface area (Å²) in [5.74, 6) is -0.795. The van der Waals surface area contributed by atoms with Gasteiger partial charge in [-0.05, 0) is 104 Å². The van der Waals surface area contributed by atoms with Gasteiger partial charge in [0.2, 0.25) is 0 Å². The van der Waals surface area contributed by atoms with Gasteiger partial charge in [-0.3, -0.25) is 15.1 Å². The van der Waals surface area contributed by atoms with Gasteiger partial charge in [-0.1, -0.05) is 39.3 Å². The number of nitrogens with two attached hydrogens (primary N) is 1. The van der Waals surface area contributed by atoms with Gasteiger partial charge in [0.25, 0.3) is 5.56 Å². The van der Waals surface area contributed by atoms with Crippen molar-refractivity contribution in [2.45, 2.75) is 97.3 Å². The van der Waals surface area contributed by atoms with E-state index >= 15 is 0 Å². The number of benzene rings is 2. The first kappa shape index (κ1) is 41.3. The molecule has 4 aromatic rings. The number of fused-ring (bicyclic) bond motifs is 5. The Morgan fingerprint density at radius 1 is 1.05 bits per heavy atom. The third-order valence-electron chi connectivity index (χ3n) is 12.7. The van der Waals surface area contributed by atoms with E-state index in [1.807, 2.05) is 32.9 Å². The van der Waals surface area contributed by atoms with E-state index < -0.39 is 23.7 Å². The number of likely N-dealkylation sites (tertiary alicyclic amines) is 1. The Kier molecular flexibility index (Phi) is 10.7. The number of hydrogen-bond donors (Lipinski definition) is 5. The molecule has 0 spiro atoms. The first-order chi connectivity index (χ1) is 29.1. The Hall–Kier alpha value is -6.48. The molecule has 5 heterocycles. The SMILES string of the molecule is CCc1c2c(nc3ccc(OC(=O)N4CCC(CC5=CC=C(N(C(=N)c6cc(C(C)C)c(O)cc6O)C(N)=O)CC5)CC4)cc13)-c1cc3c(c(=O)n1C2)COC(=O)C3(O)CC. The van der Waals surface area contributed by atoms with Crippen LogP contribution in [0.15, 0.2) is 64.6 Å². The van der Waals surface area contributed by atoms with Gasteiger partial charge in [0.05, 0.1) is 34.6 Å². The summed E-state index contributed by atoms with van der Waals surface area (Å²) in [6.45, 7) is 8.58. The number of aromatic nitrogens is 2. The average molecular weight is 831 g/mol. The van der Waals surface area contributed by atoms with Gasteiger partial charge in [-0.2, -0.15) is 0 Å². The molecule has 0 bridgehead atoms. The molecule has 1 unspecified atom stereocenters. The van der Waals surface area contributed by atoms with Crippen molar-refractivity contribution in [2.24, 2.45) is 11.7 Å². The number of aryl methyl sites for hydroxylation is 1. The zero-order valence-corrected chi connectivity index (χ0v) is 34.7. The van der Waals surface area contributed by atoms with Gasteiger partial charge >= 0.3 is 18.1 Å². The van der Waals surface area contributed by atoms with Crippen molar-refractivity contribution in [3.05, 3.63) is 104 Å². The number of urea groups is 1. The summed E-state index contributed by atoms with van der Waals surface area (Å²) in [5.41, 5.74) is 10.1. The third-order valence-corrected chi connectivity index (χ3v) is 12.7. The van der Waals surface area contributed by atoms with Gasteiger partial charge in [-0.15, -0.1) is 0 Å². The second-order valence-corrected chi connectivity index (χ2v) is 16.6. The maximum Gasteiger partial charge on any atom is 0.415 e. The highest BCUT2D eigenvalue weighted by atomic mass is 16.6. The summed E-state index contributed by atoms with van der Waals surface area (Å²) in [7, 11) is 0. The maximum atomic E-state index is 13.7. The number of primary amides is 1. The van der Waals surface area contributed by atoms with Crippen molar-refractivity contribution in [1.82, 2.24) is 19.4 Å². The number of amides is 3. The number of phenolic OH excluding ortho intramolecular Hbond substituents is 2. The molecular weight excluding hydrogens is 781 g/mol. The molecule has 15 nitrogen and oxygen atoms in total. The van der Waals surface area contributed by atoms with Crippen molar-refractivity contribution in [2.75, 3.05) is 13.1 Å².